The van der Waals surface area contributed by atoms with Crippen LogP contribution >= 0.6 is 0 Å². The average Bonchev–Trinajstić information content (AvgIpc) is 2.61. The van der Waals surface area contributed by atoms with Crippen molar-refractivity contribution < 1.29 is 14.8 Å². The van der Waals surface area contributed by atoms with Crippen molar-refractivity contribution in [1.82, 2.24) is 10.9 Å². The molecule has 122 valence electrons. The number of aryl methyl sites for hydroxylation is 1. The average molecular weight is 323 g/mol. The van der Waals surface area contributed by atoms with E-state index in [-0.39, 0.29) is 5.91 Å². The Morgan fingerprint density at radius 3 is 2.46 bits per heavy atom. The fourth-order valence-corrected chi connectivity index (χ4v) is 1.91. The molecular weight excluding hydrogens is 306 g/mol. The predicted octanol–water partition coefficient (Wildman–Crippen LogP) is 2.28. The monoisotopic (exact) mass is 323 g/mol. The van der Waals surface area contributed by atoms with Crippen molar-refractivity contribution in [3.8, 4) is 0 Å². The van der Waals surface area contributed by atoms with Crippen LogP contribution in [-0.4, -0.2) is 23.2 Å². The maximum Gasteiger partial charge on any atom is 0.271 e. The van der Waals surface area contributed by atoms with E-state index < -0.39 is 5.91 Å². The number of hydrogen-bond acceptors (Lipinski definition) is 4. The Morgan fingerprint density at radius 1 is 1.08 bits per heavy atom. The van der Waals surface area contributed by atoms with Crippen LogP contribution in [0.15, 0.2) is 59.7 Å². The van der Waals surface area contributed by atoms with E-state index in [0.717, 1.165) is 16.7 Å². The summed E-state index contributed by atoms with van der Waals surface area (Å²) in [6.45, 7) is 1.96. The fourth-order valence-electron chi connectivity index (χ4n) is 1.91. The van der Waals surface area contributed by atoms with Crippen molar-refractivity contribution in [3.05, 3.63) is 76.9 Å². The molecule has 0 aliphatic rings. The van der Waals surface area contributed by atoms with Crippen molar-refractivity contribution in [2.45, 2.75) is 6.92 Å². The normalized spacial score (nSPS) is 10.9. The van der Waals surface area contributed by atoms with Gasteiger partial charge >= 0.3 is 0 Å². The van der Waals surface area contributed by atoms with Gasteiger partial charge in [0.1, 0.15) is 0 Å². The maximum absolute atomic E-state index is 12.0. The molecule has 24 heavy (non-hydrogen) atoms. The van der Waals surface area contributed by atoms with E-state index in [4.69, 9.17) is 5.21 Å². The maximum atomic E-state index is 12.0. The van der Waals surface area contributed by atoms with E-state index in [0.29, 0.717) is 5.56 Å². The second-order valence-corrected chi connectivity index (χ2v) is 4.99. The number of hydrogen-bond donors (Lipinski definition) is 3. The first-order valence-corrected chi connectivity index (χ1v) is 7.21. The van der Waals surface area contributed by atoms with Gasteiger partial charge in [0.25, 0.3) is 11.8 Å². The molecule has 6 nitrogen and oxygen atoms in total. The van der Waals surface area contributed by atoms with Crippen molar-refractivity contribution in [1.29, 1.82) is 0 Å². The summed E-state index contributed by atoms with van der Waals surface area (Å²) in [4.78, 5) is 22.9. The molecule has 0 aromatic heterocycles. The Labute approximate surface area is 139 Å². The minimum absolute atomic E-state index is 0.330. The highest BCUT2D eigenvalue weighted by Gasteiger charge is 2.03. The van der Waals surface area contributed by atoms with Crippen LogP contribution < -0.4 is 10.9 Å². The number of rotatable bonds is 5. The zero-order valence-corrected chi connectivity index (χ0v) is 13.1. The van der Waals surface area contributed by atoms with Gasteiger partial charge in [0, 0.05) is 11.6 Å². The summed E-state index contributed by atoms with van der Waals surface area (Å²) >= 11 is 0. The lowest BCUT2D eigenvalue weighted by Gasteiger charge is -2.01. The van der Waals surface area contributed by atoms with Gasteiger partial charge in [-0.3, -0.25) is 14.8 Å². The molecule has 0 aliphatic heterocycles. The minimum atomic E-state index is -0.623. The smallest absolute Gasteiger partial charge is 0.271 e. The summed E-state index contributed by atoms with van der Waals surface area (Å²) in [6, 6.07) is 14.3. The molecule has 6 heteroatoms. The highest BCUT2D eigenvalue weighted by Crippen LogP contribution is 2.07. The zero-order valence-electron chi connectivity index (χ0n) is 13.1. The number of nitrogens with one attached hydrogen (secondary N) is 2. The fraction of sp³-hybridized carbons (Fsp3) is 0.0556. The number of hydroxylamine groups is 1. The number of amides is 2. The van der Waals surface area contributed by atoms with Gasteiger partial charge in [-0.2, -0.15) is 5.10 Å². The Kier molecular flexibility index (Phi) is 5.99. The van der Waals surface area contributed by atoms with Gasteiger partial charge in [0.05, 0.1) is 6.21 Å². The molecular formula is C18H17N3O3. The summed E-state index contributed by atoms with van der Waals surface area (Å²) < 4.78 is 0. The summed E-state index contributed by atoms with van der Waals surface area (Å²) in [7, 11) is 0. The van der Waals surface area contributed by atoms with Gasteiger partial charge in [0.15, 0.2) is 0 Å². The van der Waals surface area contributed by atoms with E-state index in [1.165, 1.54) is 17.6 Å². The predicted molar refractivity (Wildman–Crippen MR) is 91.6 cm³/mol. The Balaban J connectivity index is 1.96. The van der Waals surface area contributed by atoms with Crippen molar-refractivity contribution in [2.75, 3.05) is 0 Å². The Hall–Kier alpha value is -3.25. The van der Waals surface area contributed by atoms with E-state index >= 15 is 0 Å². The Morgan fingerprint density at radius 2 is 1.79 bits per heavy atom. The lowest BCUT2D eigenvalue weighted by atomic mass is 10.1. The number of benzene rings is 2. The molecule has 3 N–H and O–H groups in total. The second kappa shape index (κ2) is 8.40. The number of hydrazone groups is 1. The topological polar surface area (TPSA) is 90.8 Å². The summed E-state index contributed by atoms with van der Waals surface area (Å²) in [5.74, 6) is -0.953. The highest BCUT2D eigenvalue weighted by molar-refractivity contribution is 5.95. The number of carbonyl (C=O) groups is 2. The second-order valence-electron chi connectivity index (χ2n) is 4.99. The molecule has 0 saturated carbocycles. The molecule has 0 fully saturated rings. The van der Waals surface area contributed by atoms with Crippen molar-refractivity contribution in [2.24, 2.45) is 5.10 Å². The van der Waals surface area contributed by atoms with Crippen LogP contribution in [-0.2, 0) is 4.79 Å². The first-order chi connectivity index (χ1) is 11.6. The molecule has 0 unspecified atom stereocenters. The van der Waals surface area contributed by atoms with Crippen LogP contribution in [0.25, 0.3) is 6.08 Å². The highest BCUT2D eigenvalue weighted by atomic mass is 16.5. The van der Waals surface area contributed by atoms with Gasteiger partial charge in [-0.1, -0.05) is 36.4 Å². The van der Waals surface area contributed by atoms with Crippen LogP contribution in [0, 0.1) is 6.92 Å². The molecule has 0 atom stereocenters. The SMILES string of the molecule is Cc1ccccc1/C=N/NC(=O)c1ccc(/C=C/C(=O)NO)cc1. The molecule has 2 rings (SSSR count). The largest absolute Gasteiger partial charge is 0.288 e. The molecule has 0 radical (unpaired) electrons. The van der Waals surface area contributed by atoms with Crippen LogP contribution in [0.3, 0.4) is 0 Å². The summed E-state index contributed by atoms with van der Waals surface area (Å²) in [5, 5.41) is 12.3. The van der Waals surface area contributed by atoms with Gasteiger partial charge in [-0.05, 0) is 41.8 Å². The number of nitrogens with zero attached hydrogens (tertiary/aromatic N) is 1. The van der Waals surface area contributed by atoms with Crippen molar-refractivity contribution in [3.63, 3.8) is 0 Å². The molecule has 0 bridgehead atoms. The van der Waals surface area contributed by atoms with E-state index in [2.05, 4.69) is 10.5 Å². The quantitative estimate of drug-likeness (QED) is 0.341. The van der Waals surface area contributed by atoms with Gasteiger partial charge in [0.2, 0.25) is 0 Å². The van der Waals surface area contributed by atoms with E-state index in [1.54, 1.807) is 30.5 Å². The van der Waals surface area contributed by atoms with Gasteiger partial charge in [-0.15, -0.1) is 0 Å². The summed E-state index contributed by atoms with van der Waals surface area (Å²) in [5.41, 5.74) is 7.13. The molecule has 2 amide bonds. The third-order valence-corrected chi connectivity index (χ3v) is 3.27. The van der Waals surface area contributed by atoms with Crippen LogP contribution in [0.5, 0.6) is 0 Å². The minimum Gasteiger partial charge on any atom is -0.288 e. The first kappa shape index (κ1) is 17.1. The van der Waals surface area contributed by atoms with Gasteiger partial charge in [-0.25, -0.2) is 10.9 Å². The van der Waals surface area contributed by atoms with Gasteiger partial charge < -0.3 is 0 Å². The van der Waals surface area contributed by atoms with Crippen LogP contribution in [0.1, 0.15) is 27.0 Å². The van der Waals surface area contributed by atoms with Crippen LogP contribution in [0.4, 0.5) is 0 Å². The van der Waals surface area contributed by atoms with Crippen molar-refractivity contribution >= 4 is 24.1 Å². The Bertz CT molecular complexity index is 780. The lowest BCUT2D eigenvalue weighted by Crippen LogP contribution is -2.17. The third-order valence-electron chi connectivity index (χ3n) is 3.27. The molecule has 2 aromatic rings. The molecule has 0 heterocycles. The molecule has 0 saturated heterocycles. The number of carbonyl (C=O) groups excluding carboxylic acids is 2. The molecule has 0 aliphatic carbocycles. The molecule has 2 aromatic carbocycles. The third kappa shape index (κ3) is 4.89. The summed E-state index contributed by atoms with van der Waals surface area (Å²) in [6.07, 6.45) is 4.29. The lowest BCUT2D eigenvalue weighted by molar-refractivity contribution is -0.124. The first-order valence-electron chi connectivity index (χ1n) is 7.21. The van der Waals surface area contributed by atoms with E-state index in [9.17, 15) is 9.59 Å². The van der Waals surface area contributed by atoms with E-state index in [1.807, 2.05) is 31.2 Å². The van der Waals surface area contributed by atoms with Crippen LogP contribution in [0.2, 0.25) is 0 Å². The standard InChI is InChI=1S/C18H17N3O3/c1-13-4-2-3-5-16(13)12-19-20-18(23)15-9-6-14(7-10-15)8-11-17(22)21-24/h2-12,24H,1H3,(H,20,23)(H,21,22)/b11-8+,19-12+. The zero-order chi connectivity index (χ0) is 17.4. The molecule has 0 spiro atoms.